The lowest BCUT2D eigenvalue weighted by atomic mass is 9.94. The second-order valence-electron chi connectivity index (χ2n) is 7.23. The predicted molar refractivity (Wildman–Crippen MR) is 111 cm³/mol. The fourth-order valence-corrected chi connectivity index (χ4v) is 3.35. The van der Waals surface area contributed by atoms with Crippen LogP contribution >= 0.6 is 0 Å². The van der Waals surface area contributed by atoms with Gasteiger partial charge in [-0.15, -0.1) is 0 Å². The van der Waals surface area contributed by atoms with Crippen molar-refractivity contribution in [2.75, 3.05) is 13.6 Å². The zero-order valence-electron chi connectivity index (χ0n) is 16.8. The van der Waals surface area contributed by atoms with Crippen molar-refractivity contribution in [3.63, 3.8) is 0 Å². The molecule has 3 rings (SSSR count). The second kappa shape index (κ2) is 9.19. The molecule has 1 unspecified atom stereocenters. The Morgan fingerprint density at radius 1 is 1.03 bits per heavy atom. The molecule has 0 bridgehead atoms. The molecule has 2 amide bonds. The van der Waals surface area contributed by atoms with Crippen LogP contribution in [-0.4, -0.2) is 35.5 Å². The van der Waals surface area contributed by atoms with E-state index in [1.54, 1.807) is 18.0 Å². The van der Waals surface area contributed by atoms with E-state index < -0.39 is 5.91 Å². The molecular weight excluding hydrogens is 366 g/mol. The molecule has 1 atom stereocenters. The molecule has 0 fully saturated rings. The SMILES string of the molecule is CC(C)C(c1ccccc1)N(C)C(=O)CNC(=O)c1cc(-c2ccccc2)on1. The molecule has 0 saturated heterocycles. The van der Waals surface area contributed by atoms with E-state index in [1.807, 2.05) is 60.7 Å². The van der Waals surface area contributed by atoms with Gasteiger partial charge in [-0.3, -0.25) is 9.59 Å². The first-order chi connectivity index (χ1) is 14.0. The summed E-state index contributed by atoms with van der Waals surface area (Å²) in [6.07, 6.45) is 0. The van der Waals surface area contributed by atoms with Gasteiger partial charge in [0.1, 0.15) is 0 Å². The Kier molecular flexibility index (Phi) is 6.44. The van der Waals surface area contributed by atoms with Gasteiger partial charge in [-0.25, -0.2) is 0 Å². The fourth-order valence-electron chi connectivity index (χ4n) is 3.35. The highest BCUT2D eigenvalue weighted by atomic mass is 16.5. The zero-order valence-corrected chi connectivity index (χ0v) is 16.8. The van der Waals surface area contributed by atoms with E-state index in [0.29, 0.717) is 5.76 Å². The van der Waals surface area contributed by atoms with Crippen LogP contribution in [0.15, 0.2) is 71.3 Å². The number of nitrogens with one attached hydrogen (secondary N) is 1. The van der Waals surface area contributed by atoms with Gasteiger partial charge in [0.25, 0.3) is 5.91 Å². The normalized spacial score (nSPS) is 11.9. The third kappa shape index (κ3) is 4.90. The van der Waals surface area contributed by atoms with E-state index >= 15 is 0 Å². The highest BCUT2D eigenvalue weighted by Crippen LogP contribution is 2.27. The molecule has 0 radical (unpaired) electrons. The number of aromatic nitrogens is 1. The van der Waals surface area contributed by atoms with E-state index in [0.717, 1.165) is 11.1 Å². The van der Waals surface area contributed by atoms with Crippen molar-refractivity contribution >= 4 is 11.8 Å². The van der Waals surface area contributed by atoms with Gasteiger partial charge >= 0.3 is 0 Å². The van der Waals surface area contributed by atoms with Gasteiger partial charge < -0.3 is 14.7 Å². The van der Waals surface area contributed by atoms with E-state index in [-0.39, 0.29) is 30.1 Å². The standard InChI is InChI=1S/C23H25N3O3/c1-16(2)22(18-12-8-5-9-13-18)26(3)21(27)15-24-23(28)19-14-20(29-25-19)17-10-6-4-7-11-17/h4-14,16,22H,15H2,1-3H3,(H,24,28). The summed E-state index contributed by atoms with van der Waals surface area (Å²) in [7, 11) is 1.76. The Bertz CT molecular complexity index is 952. The molecule has 0 aliphatic carbocycles. The van der Waals surface area contributed by atoms with Crippen molar-refractivity contribution in [1.29, 1.82) is 0 Å². The van der Waals surface area contributed by atoms with Gasteiger partial charge in [0.2, 0.25) is 5.91 Å². The summed E-state index contributed by atoms with van der Waals surface area (Å²) < 4.78 is 5.25. The van der Waals surface area contributed by atoms with E-state index in [4.69, 9.17) is 4.52 Å². The van der Waals surface area contributed by atoms with Crippen LogP contribution < -0.4 is 5.32 Å². The van der Waals surface area contributed by atoms with Gasteiger partial charge in [0, 0.05) is 18.7 Å². The summed E-state index contributed by atoms with van der Waals surface area (Å²) in [6.45, 7) is 4.03. The van der Waals surface area contributed by atoms with Crippen LogP contribution in [0.3, 0.4) is 0 Å². The Hall–Kier alpha value is -3.41. The molecule has 0 aliphatic heterocycles. The summed E-state index contributed by atoms with van der Waals surface area (Å²) in [5.41, 5.74) is 2.04. The van der Waals surface area contributed by atoms with Gasteiger partial charge in [0.15, 0.2) is 11.5 Å². The maximum absolute atomic E-state index is 12.7. The van der Waals surface area contributed by atoms with Crippen molar-refractivity contribution in [2.24, 2.45) is 5.92 Å². The number of amides is 2. The first-order valence-corrected chi connectivity index (χ1v) is 9.58. The van der Waals surface area contributed by atoms with E-state index in [9.17, 15) is 9.59 Å². The van der Waals surface area contributed by atoms with E-state index in [1.165, 1.54) is 0 Å². The summed E-state index contributed by atoms with van der Waals surface area (Å²) in [5.74, 6) is 0.111. The van der Waals surface area contributed by atoms with Crippen LogP contribution in [0.2, 0.25) is 0 Å². The van der Waals surface area contributed by atoms with Crippen LogP contribution in [0.5, 0.6) is 0 Å². The summed E-state index contributed by atoms with van der Waals surface area (Å²) in [5, 5.41) is 6.45. The summed E-state index contributed by atoms with van der Waals surface area (Å²) in [4.78, 5) is 26.8. The Labute approximate surface area is 170 Å². The lowest BCUT2D eigenvalue weighted by molar-refractivity contribution is -0.131. The number of likely N-dealkylation sites (N-methyl/N-ethyl adjacent to an activating group) is 1. The quantitative estimate of drug-likeness (QED) is 0.662. The zero-order chi connectivity index (χ0) is 20.8. The molecule has 3 aromatic rings. The average molecular weight is 391 g/mol. The predicted octanol–water partition coefficient (Wildman–Crippen LogP) is 3.93. The van der Waals surface area contributed by atoms with Gasteiger partial charge in [-0.1, -0.05) is 79.7 Å². The Morgan fingerprint density at radius 3 is 2.28 bits per heavy atom. The number of carbonyl (C=O) groups excluding carboxylic acids is 2. The van der Waals surface area contributed by atoms with Crippen molar-refractivity contribution in [3.05, 3.63) is 78.0 Å². The molecule has 1 N–H and O–H groups in total. The molecule has 2 aromatic carbocycles. The minimum atomic E-state index is -0.446. The highest BCUT2D eigenvalue weighted by Gasteiger charge is 2.25. The van der Waals surface area contributed by atoms with E-state index in [2.05, 4.69) is 24.3 Å². The number of carbonyl (C=O) groups is 2. The molecule has 0 spiro atoms. The van der Waals surface area contributed by atoms with Crippen LogP contribution in [0, 0.1) is 5.92 Å². The number of hydrogen-bond acceptors (Lipinski definition) is 4. The molecule has 0 aliphatic rings. The maximum Gasteiger partial charge on any atom is 0.273 e. The largest absolute Gasteiger partial charge is 0.355 e. The topological polar surface area (TPSA) is 75.4 Å². The first-order valence-electron chi connectivity index (χ1n) is 9.58. The van der Waals surface area contributed by atoms with Crippen LogP contribution in [0.1, 0.15) is 35.9 Å². The molecule has 29 heavy (non-hydrogen) atoms. The minimum Gasteiger partial charge on any atom is -0.355 e. The van der Waals surface area contributed by atoms with Gasteiger partial charge in [-0.2, -0.15) is 0 Å². The highest BCUT2D eigenvalue weighted by molar-refractivity contribution is 5.95. The molecular formula is C23H25N3O3. The van der Waals surface area contributed by atoms with Crippen LogP contribution in [0.25, 0.3) is 11.3 Å². The number of benzene rings is 2. The number of rotatable bonds is 7. The molecule has 0 saturated carbocycles. The number of hydrogen-bond donors (Lipinski definition) is 1. The van der Waals surface area contributed by atoms with Crippen molar-refractivity contribution < 1.29 is 14.1 Å². The average Bonchev–Trinajstić information content (AvgIpc) is 3.23. The van der Waals surface area contributed by atoms with Gasteiger partial charge in [0.05, 0.1) is 12.6 Å². The molecule has 1 heterocycles. The van der Waals surface area contributed by atoms with Gasteiger partial charge in [-0.05, 0) is 11.5 Å². The first kappa shape index (κ1) is 20.3. The monoisotopic (exact) mass is 391 g/mol. The van der Waals surface area contributed by atoms with Crippen LogP contribution in [-0.2, 0) is 4.79 Å². The maximum atomic E-state index is 12.7. The lowest BCUT2D eigenvalue weighted by Gasteiger charge is -2.32. The van der Waals surface area contributed by atoms with Crippen molar-refractivity contribution in [1.82, 2.24) is 15.4 Å². The third-order valence-electron chi connectivity index (χ3n) is 4.78. The lowest BCUT2D eigenvalue weighted by Crippen LogP contribution is -2.41. The Morgan fingerprint density at radius 2 is 1.66 bits per heavy atom. The third-order valence-corrected chi connectivity index (χ3v) is 4.78. The molecule has 1 aromatic heterocycles. The smallest absolute Gasteiger partial charge is 0.273 e. The summed E-state index contributed by atoms with van der Waals surface area (Å²) >= 11 is 0. The van der Waals surface area contributed by atoms with Crippen LogP contribution in [0.4, 0.5) is 0 Å². The summed E-state index contributed by atoms with van der Waals surface area (Å²) in [6, 6.07) is 20.8. The fraction of sp³-hybridized carbons (Fsp3) is 0.261. The minimum absolute atomic E-state index is 0.0719. The molecule has 6 nitrogen and oxygen atoms in total. The number of nitrogens with zero attached hydrogens (tertiary/aromatic N) is 2. The van der Waals surface area contributed by atoms with Crippen molar-refractivity contribution in [3.8, 4) is 11.3 Å². The van der Waals surface area contributed by atoms with Crippen molar-refractivity contribution in [2.45, 2.75) is 19.9 Å². The molecule has 150 valence electrons. The second-order valence-corrected chi connectivity index (χ2v) is 7.23. The molecule has 6 heteroatoms. The Balaban J connectivity index is 1.62.